The third-order valence-corrected chi connectivity index (χ3v) is 8.02. The summed E-state index contributed by atoms with van der Waals surface area (Å²) in [5.41, 5.74) is 9.95. The van der Waals surface area contributed by atoms with Crippen molar-refractivity contribution >= 4 is 39.5 Å². The van der Waals surface area contributed by atoms with Gasteiger partial charge in [0.25, 0.3) is 0 Å². The van der Waals surface area contributed by atoms with Crippen molar-refractivity contribution in [3.63, 3.8) is 0 Å². The monoisotopic (exact) mass is 525 g/mol. The largest absolute Gasteiger partial charge is 0.431 e. The highest BCUT2D eigenvalue weighted by atomic mass is 16.5. The maximum atomic E-state index is 6.40. The molecule has 0 bridgehead atoms. The molecule has 0 saturated heterocycles. The van der Waals surface area contributed by atoms with Crippen LogP contribution >= 0.6 is 0 Å². The van der Waals surface area contributed by atoms with Gasteiger partial charge in [-0.2, -0.15) is 5.10 Å². The minimum atomic E-state index is 0.466. The van der Waals surface area contributed by atoms with Gasteiger partial charge in [0.05, 0.1) is 28.0 Å². The summed E-state index contributed by atoms with van der Waals surface area (Å²) < 4.78 is 16.4. The third kappa shape index (κ3) is 3.30. The van der Waals surface area contributed by atoms with E-state index in [0.717, 1.165) is 58.0 Å². The highest BCUT2D eigenvalue weighted by Crippen LogP contribution is 2.44. The summed E-state index contributed by atoms with van der Waals surface area (Å²) in [6, 6.07) is 25.4. The molecule has 8 rings (SSSR count). The van der Waals surface area contributed by atoms with Crippen molar-refractivity contribution in [2.45, 2.75) is 26.7 Å². The van der Waals surface area contributed by atoms with Crippen LogP contribution in [-0.4, -0.2) is 19.3 Å². The fourth-order valence-electron chi connectivity index (χ4n) is 6.18. The van der Waals surface area contributed by atoms with E-state index in [9.17, 15) is 0 Å². The summed E-state index contributed by atoms with van der Waals surface area (Å²) in [6.07, 6.45) is 5.63. The van der Waals surface area contributed by atoms with Gasteiger partial charge in [-0.15, -0.1) is 0 Å². The van der Waals surface area contributed by atoms with Crippen LogP contribution in [0.15, 0.2) is 94.1 Å². The maximum absolute atomic E-state index is 6.40. The molecule has 0 amide bonds. The van der Waals surface area contributed by atoms with E-state index in [-0.39, 0.29) is 0 Å². The molecule has 0 spiro atoms. The molecule has 0 radical (unpaired) electrons. The molecule has 0 N–H and O–H groups in total. The summed E-state index contributed by atoms with van der Waals surface area (Å²) in [5, 5.41) is 6.73. The number of aryl methyl sites for hydroxylation is 5. The van der Waals surface area contributed by atoms with Crippen LogP contribution in [-0.2, 0) is 19.9 Å². The number of fused-ring (bicyclic) bond motifs is 6. The molecule has 1 aliphatic rings. The number of anilines is 3. The minimum Gasteiger partial charge on any atom is -0.431 e. The molecule has 0 saturated carbocycles. The van der Waals surface area contributed by atoms with Crippen LogP contribution in [0.25, 0.3) is 39.0 Å². The molecule has 7 aromatic rings. The Balaban J connectivity index is 1.35. The molecule has 2 aromatic carbocycles. The first-order valence-corrected chi connectivity index (χ1v) is 13.5. The van der Waals surface area contributed by atoms with Crippen LogP contribution in [0.1, 0.15) is 22.5 Å². The molecule has 0 unspecified atom stereocenters. The SMILES string of the molecule is Cc1cc(C)n(-c2coc3oc(N(c4ccccc4)c4cc5c6c(ccc5n4C)CCc4cccnc4-6)cc23)n1. The molecule has 7 heteroatoms. The van der Waals surface area contributed by atoms with E-state index >= 15 is 0 Å². The van der Waals surface area contributed by atoms with Gasteiger partial charge in [0.1, 0.15) is 17.8 Å². The predicted octanol–water partition coefficient (Wildman–Crippen LogP) is 7.95. The van der Waals surface area contributed by atoms with E-state index in [0.29, 0.717) is 11.7 Å². The number of nitrogens with zero attached hydrogens (tertiary/aromatic N) is 5. The van der Waals surface area contributed by atoms with Crippen LogP contribution in [0, 0.1) is 13.8 Å². The average Bonchev–Trinajstić information content (AvgIpc) is 3.72. The predicted molar refractivity (Wildman–Crippen MR) is 157 cm³/mol. The van der Waals surface area contributed by atoms with Gasteiger partial charge >= 0.3 is 5.78 Å². The van der Waals surface area contributed by atoms with Crippen LogP contribution in [0.2, 0.25) is 0 Å². The van der Waals surface area contributed by atoms with Gasteiger partial charge < -0.3 is 13.4 Å². The topological polar surface area (TPSA) is 65.2 Å². The Hall–Kier alpha value is -5.04. The molecular formula is C33H27N5O2. The Labute approximate surface area is 230 Å². The van der Waals surface area contributed by atoms with Gasteiger partial charge in [0.2, 0.25) is 5.88 Å². The summed E-state index contributed by atoms with van der Waals surface area (Å²) in [6.45, 7) is 4.03. The number of hydrogen-bond donors (Lipinski definition) is 0. The number of furan rings is 2. The summed E-state index contributed by atoms with van der Waals surface area (Å²) in [5.74, 6) is 2.12. The lowest BCUT2D eigenvalue weighted by Crippen LogP contribution is -2.12. The first-order valence-electron chi connectivity index (χ1n) is 13.5. The zero-order valence-corrected chi connectivity index (χ0v) is 22.5. The van der Waals surface area contributed by atoms with E-state index in [1.807, 2.05) is 55.1 Å². The molecule has 5 heterocycles. The third-order valence-electron chi connectivity index (χ3n) is 8.02. The number of aromatic nitrogens is 4. The zero-order chi connectivity index (χ0) is 27.0. The van der Waals surface area contributed by atoms with E-state index in [1.165, 1.54) is 22.1 Å². The van der Waals surface area contributed by atoms with Gasteiger partial charge in [-0.25, -0.2) is 4.68 Å². The summed E-state index contributed by atoms with van der Waals surface area (Å²) >= 11 is 0. The van der Waals surface area contributed by atoms with Crippen LogP contribution in [0.3, 0.4) is 0 Å². The number of hydrogen-bond acceptors (Lipinski definition) is 5. The quantitative estimate of drug-likeness (QED) is 0.233. The first kappa shape index (κ1) is 22.9. The average molecular weight is 526 g/mol. The Morgan fingerprint density at radius 2 is 1.73 bits per heavy atom. The highest BCUT2D eigenvalue weighted by Gasteiger charge is 2.27. The number of rotatable bonds is 4. The van der Waals surface area contributed by atoms with E-state index in [4.69, 9.17) is 13.8 Å². The van der Waals surface area contributed by atoms with Crippen LogP contribution < -0.4 is 4.90 Å². The Morgan fingerprint density at radius 1 is 0.875 bits per heavy atom. The van der Waals surface area contributed by atoms with Gasteiger partial charge in [-0.05, 0) is 74.2 Å². The lowest BCUT2D eigenvalue weighted by atomic mass is 9.87. The number of pyridine rings is 1. The van der Waals surface area contributed by atoms with Crippen molar-refractivity contribution in [3.05, 3.63) is 108 Å². The molecule has 196 valence electrons. The molecule has 40 heavy (non-hydrogen) atoms. The maximum Gasteiger partial charge on any atom is 0.301 e. The van der Waals surface area contributed by atoms with Gasteiger partial charge in [0.15, 0.2) is 0 Å². The molecule has 0 atom stereocenters. The van der Waals surface area contributed by atoms with Crippen molar-refractivity contribution in [3.8, 4) is 16.9 Å². The van der Waals surface area contributed by atoms with Crippen molar-refractivity contribution in [2.24, 2.45) is 7.05 Å². The molecule has 0 aliphatic heterocycles. The first-order chi connectivity index (χ1) is 19.6. The minimum absolute atomic E-state index is 0.466. The van der Waals surface area contributed by atoms with Gasteiger partial charge in [-0.1, -0.05) is 30.3 Å². The fraction of sp³-hybridized carbons (Fsp3) is 0.152. The lowest BCUT2D eigenvalue weighted by Gasteiger charge is -2.22. The molecular weight excluding hydrogens is 498 g/mol. The van der Waals surface area contributed by atoms with Crippen LogP contribution in [0.4, 0.5) is 17.4 Å². The highest BCUT2D eigenvalue weighted by molar-refractivity contribution is 6.01. The smallest absolute Gasteiger partial charge is 0.301 e. The Bertz CT molecular complexity index is 2060. The lowest BCUT2D eigenvalue weighted by molar-refractivity contribution is 0.481. The zero-order valence-electron chi connectivity index (χ0n) is 22.5. The van der Waals surface area contributed by atoms with Gasteiger partial charge in [0, 0.05) is 36.0 Å². The second kappa shape index (κ2) is 8.48. The number of benzene rings is 2. The summed E-state index contributed by atoms with van der Waals surface area (Å²) in [4.78, 5) is 6.97. The Morgan fingerprint density at radius 3 is 2.55 bits per heavy atom. The van der Waals surface area contributed by atoms with Crippen molar-refractivity contribution in [2.75, 3.05) is 4.90 Å². The van der Waals surface area contributed by atoms with Crippen molar-refractivity contribution < 1.29 is 8.83 Å². The number of para-hydroxylation sites is 1. The molecule has 7 nitrogen and oxygen atoms in total. The van der Waals surface area contributed by atoms with Crippen molar-refractivity contribution in [1.82, 2.24) is 19.3 Å². The van der Waals surface area contributed by atoms with E-state index in [2.05, 4.69) is 64.1 Å². The van der Waals surface area contributed by atoms with E-state index in [1.54, 1.807) is 6.26 Å². The van der Waals surface area contributed by atoms with Crippen molar-refractivity contribution in [1.29, 1.82) is 0 Å². The normalized spacial score (nSPS) is 12.7. The van der Waals surface area contributed by atoms with E-state index < -0.39 is 0 Å². The summed E-state index contributed by atoms with van der Waals surface area (Å²) in [7, 11) is 2.11. The van der Waals surface area contributed by atoms with Crippen LogP contribution in [0.5, 0.6) is 0 Å². The molecule has 5 aromatic heterocycles. The van der Waals surface area contributed by atoms with Gasteiger partial charge in [-0.3, -0.25) is 9.88 Å². The standard InChI is InChI=1S/C33H27N5O2/c1-20-16-21(2)38(35-20)28-19-39-33-26(28)18-30(40-33)37(24-9-5-4-6-10-24)29-17-25-27(36(29)3)14-13-22-11-12-23-8-7-15-34-32(23)31(22)25/h4-10,13-19H,11-12H2,1-3H3. The second-order valence-corrected chi connectivity index (χ2v) is 10.5. The second-order valence-electron chi connectivity index (χ2n) is 10.5. The fourth-order valence-corrected chi connectivity index (χ4v) is 6.18. The molecule has 1 aliphatic carbocycles. The Kier molecular flexibility index (Phi) is 4.85. The molecule has 0 fully saturated rings.